The lowest BCUT2D eigenvalue weighted by molar-refractivity contribution is 0.0527. The van der Waals surface area contributed by atoms with Crippen molar-refractivity contribution < 1.29 is 14.3 Å². The quantitative estimate of drug-likeness (QED) is 0.834. The third-order valence-corrected chi connectivity index (χ3v) is 2.57. The van der Waals surface area contributed by atoms with Gasteiger partial charge in [-0.2, -0.15) is 5.10 Å². The van der Waals surface area contributed by atoms with E-state index in [0.29, 0.717) is 5.82 Å². The number of carbonyl (C=O) groups is 2. The second kappa shape index (κ2) is 6.51. The van der Waals surface area contributed by atoms with Gasteiger partial charge in [0.15, 0.2) is 0 Å². The van der Waals surface area contributed by atoms with E-state index in [9.17, 15) is 9.59 Å². The van der Waals surface area contributed by atoms with E-state index in [-0.39, 0.29) is 18.0 Å². The van der Waals surface area contributed by atoms with Gasteiger partial charge < -0.3 is 4.74 Å². The van der Waals surface area contributed by atoms with Crippen molar-refractivity contribution in [1.82, 2.24) is 14.8 Å². The first-order valence-corrected chi connectivity index (χ1v) is 6.30. The molecule has 2 amide bonds. The number of amides is 2. The van der Waals surface area contributed by atoms with Crippen molar-refractivity contribution in [3.05, 3.63) is 36.2 Å². The van der Waals surface area contributed by atoms with Crippen molar-refractivity contribution in [2.75, 3.05) is 17.2 Å². The van der Waals surface area contributed by atoms with Crippen LogP contribution in [-0.4, -0.2) is 33.4 Å². The van der Waals surface area contributed by atoms with E-state index in [1.165, 1.54) is 10.9 Å². The van der Waals surface area contributed by atoms with Crippen molar-refractivity contribution in [3.8, 4) is 0 Å². The normalized spacial score (nSPS) is 10.0. The van der Waals surface area contributed by atoms with Crippen molar-refractivity contribution in [1.29, 1.82) is 0 Å². The van der Waals surface area contributed by atoms with Crippen molar-refractivity contribution in [2.45, 2.75) is 6.92 Å². The van der Waals surface area contributed by atoms with Crippen LogP contribution in [0.1, 0.15) is 17.3 Å². The monoisotopic (exact) mass is 289 g/mol. The number of ether oxygens (including phenoxy) is 1. The Morgan fingerprint density at radius 2 is 2.14 bits per heavy atom. The predicted octanol–water partition coefficient (Wildman–Crippen LogP) is 1.64. The van der Waals surface area contributed by atoms with Crippen LogP contribution >= 0.6 is 0 Å². The van der Waals surface area contributed by atoms with Crippen LogP contribution in [0.4, 0.5) is 16.4 Å². The van der Waals surface area contributed by atoms with E-state index in [1.54, 1.807) is 38.4 Å². The molecule has 2 aromatic heterocycles. The lowest BCUT2D eigenvalue weighted by Gasteiger charge is -2.09. The number of carbonyl (C=O) groups excluding carboxylic acids is 2. The molecule has 2 rings (SSSR count). The lowest BCUT2D eigenvalue weighted by Crippen LogP contribution is -2.23. The molecule has 8 nitrogen and oxygen atoms in total. The number of pyridine rings is 1. The van der Waals surface area contributed by atoms with Crippen molar-refractivity contribution in [2.24, 2.45) is 7.05 Å². The molecule has 0 saturated carbocycles. The van der Waals surface area contributed by atoms with Gasteiger partial charge in [0.2, 0.25) is 0 Å². The zero-order chi connectivity index (χ0) is 15.2. The molecule has 0 aromatic carbocycles. The van der Waals surface area contributed by atoms with Crippen molar-refractivity contribution >= 4 is 23.6 Å². The van der Waals surface area contributed by atoms with Crippen LogP contribution in [0.25, 0.3) is 0 Å². The average Bonchev–Trinajstić information content (AvgIpc) is 2.81. The summed E-state index contributed by atoms with van der Waals surface area (Å²) in [5.74, 6) is 0.107. The molecule has 0 saturated heterocycles. The number of aryl methyl sites for hydroxylation is 1. The Morgan fingerprint density at radius 1 is 1.33 bits per heavy atom. The van der Waals surface area contributed by atoms with Gasteiger partial charge in [-0.1, -0.05) is 6.07 Å². The maximum atomic E-state index is 11.9. The Labute approximate surface area is 121 Å². The Kier molecular flexibility index (Phi) is 4.50. The van der Waals surface area contributed by atoms with Gasteiger partial charge in [-0.25, -0.2) is 14.6 Å². The molecule has 0 aliphatic rings. The third-order valence-electron chi connectivity index (χ3n) is 2.57. The maximum Gasteiger partial charge on any atom is 0.343 e. The Hall–Kier alpha value is -2.90. The van der Waals surface area contributed by atoms with Gasteiger partial charge >= 0.3 is 12.0 Å². The summed E-state index contributed by atoms with van der Waals surface area (Å²) in [5, 5.41) is 9.05. The SMILES string of the molecule is CCOC(=O)c1cnn(C)c1NC(=O)Nc1ccccn1. The van der Waals surface area contributed by atoms with Gasteiger partial charge in [-0.05, 0) is 19.1 Å². The largest absolute Gasteiger partial charge is 0.462 e. The van der Waals surface area contributed by atoms with Crippen molar-refractivity contribution in [3.63, 3.8) is 0 Å². The molecule has 21 heavy (non-hydrogen) atoms. The molecule has 0 fully saturated rings. The van der Waals surface area contributed by atoms with Crippen LogP contribution in [0.2, 0.25) is 0 Å². The Bertz CT molecular complexity index is 639. The minimum atomic E-state index is -0.543. The number of anilines is 2. The number of urea groups is 1. The van der Waals surface area contributed by atoms with Crippen LogP contribution in [0.5, 0.6) is 0 Å². The van der Waals surface area contributed by atoms with E-state index < -0.39 is 12.0 Å². The number of nitrogens with zero attached hydrogens (tertiary/aromatic N) is 3. The number of hydrogen-bond acceptors (Lipinski definition) is 5. The zero-order valence-electron chi connectivity index (χ0n) is 11.7. The summed E-state index contributed by atoms with van der Waals surface area (Å²) in [6.45, 7) is 1.95. The molecule has 0 unspecified atom stereocenters. The topological polar surface area (TPSA) is 98.1 Å². The van der Waals surface area contributed by atoms with Gasteiger partial charge in [-0.3, -0.25) is 15.3 Å². The number of rotatable bonds is 4. The molecule has 110 valence electrons. The lowest BCUT2D eigenvalue weighted by atomic mass is 10.3. The van der Waals surface area contributed by atoms with Gasteiger partial charge in [-0.15, -0.1) is 0 Å². The molecule has 0 radical (unpaired) electrons. The highest BCUT2D eigenvalue weighted by atomic mass is 16.5. The molecule has 0 atom stereocenters. The molecule has 0 spiro atoms. The summed E-state index contributed by atoms with van der Waals surface area (Å²) in [7, 11) is 1.61. The van der Waals surface area contributed by atoms with Crippen LogP contribution in [-0.2, 0) is 11.8 Å². The first-order valence-electron chi connectivity index (χ1n) is 6.30. The van der Waals surface area contributed by atoms with Crippen LogP contribution < -0.4 is 10.6 Å². The Morgan fingerprint density at radius 3 is 2.81 bits per heavy atom. The summed E-state index contributed by atoms with van der Waals surface area (Å²) in [6, 6.07) is 4.61. The van der Waals surface area contributed by atoms with Gasteiger partial charge in [0.05, 0.1) is 12.8 Å². The Balaban J connectivity index is 2.10. The molecule has 8 heteroatoms. The average molecular weight is 289 g/mol. The number of hydrogen-bond donors (Lipinski definition) is 2. The molecule has 0 bridgehead atoms. The predicted molar refractivity (Wildman–Crippen MR) is 76.0 cm³/mol. The van der Waals surface area contributed by atoms with E-state index in [1.807, 2.05) is 0 Å². The molecule has 2 aromatic rings. The van der Waals surface area contributed by atoms with E-state index in [4.69, 9.17) is 4.74 Å². The maximum absolute atomic E-state index is 11.9. The number of aromatic nitrogens is 3. The van der Waals surface area contributed by atoms with Gasteiger partial charge in [0.1, 0.15) is 17.2 Å². The van der Waals surface area contributed by atoms with Crippen LogP contribution in [0.3, 0.4) is 0 Å². The zero-order valence-corrected chi connectivity index (χ0v) is 11.7. The van der Waals surface area contributed by atoms with E-state index in [0.717, 1.165) is 0 Å². The number of nitrogens with one attached hydrogen (secondary N) is 2. The van der Waals surface area contributed by atoms with E-state index in [2.05, 4.69) is 20.7 Å². The molecule has 2 heterocycles. The summed E-state index contributed by atoms with van der Waals surface area (Å²) >= 11 is 0. The first kappa shape index (κ1) is 14.5. The highest BCUT2D eigenvalue weighted by Gasteiger charge is 2.19. The van der Waals surface area contributed by atoms with Crippen LogP contribution in [0, 0.1) is 0 Å². The number of esters is 1. The fourth-order valence-corrected chi connectivity index (χ4v) is 1.64. The fourth-order valence-electron chi connectivity index (χ4n) is 1.64. The summed E-state index contributed by atoms with van der Waals surface area (Å²) < 4.78 is 6.28. The summed E-state index contributed by atoms with van der Waals surface area (Å²) in [6.07, 6.45) is 2.90. The minimum absolute atomic E-state index is 0.190. The molecule has 0 aliphatic heterocycles. The highest BCUT2D eigenvalue weighted by Crippen LogP contribution is 2.15. The molecule has 2 N–H and O–H groups in total. The first-order chi connectivity index (χ1) is 10.1. The fraction of sp³-hybridized carbons (Fsp3) is 0.231. The summed E-state index contributed by atoms with van der Waals surface area (Å²) in [4.78, 5) is 27.6. The molecular formula is C13H15N5O3. The second-order valence-electron chi connectivity index (χ2n) is 4.05. The molecular weight excluding hydrogens is 274 g/mol. The smallest absolute Gasteiger partial charge is 0.343 e. The van der Waals surface area contributed by atoms with Gasteiger partial charge in [0.25, 0.3) is 0 Å². The standard InChI is InChI=1S/C13H15N5O3/c1-3-21-12(19)9-8-15-18(2)11(9)17-13(20)16-10-6-4-5-7-14-10/h4-8H,3H2,1-2H3,(H2,14,16,17,20). The van der Waals surface area contributed by atoms with E-state index >= 15 is 0 Å². The molecule has 0 aliphatic carbocycles. The van der Waals surface area contributed by atoms with Gasteiger partial charge in [0, 0.05) is 13.2 Å². The third kappa shape index (κ3) is 3.56. The minimum Gasteiger partial charge on any atom is -0.462 e. The second-order valence-corrected chi connectivity index (χ2v) is 4.05. The van der Waals surface area contributed by atoms with Crippen LogP contribution in [0.15, 0.2) is 30.6 Å². The highest BCUT2D eigenvalue weighted by molar-refractivity contribution is 6.03. The summed E-state index contributed by atoms with van der Waals surface area (Å²) in [5.41, 5.74) is 0.190.